The first-order valence-corrected chi connectivity index (χ1v) is 8.09. The summed E-state index contributed by atoms with van der Waals surface area (Å²) in [4.78, 5) is 28.0. The molecule has 3 rings (SSSR count). The van der Waals surface area contributed by atoms with Crippen molar-refractivity contribution in [3.05, 3.63) is 45.5 Å². The third kappa shape index (κ3) is 2.71. The summed E-state index contributed by atoms with van der Waals surface area (Å²) >= 11 is 0. The van der Waals surface area contributed by atoms with Crippen LogP contribution in [0.2, 0.25) is 0 Å². The van der Waals surface area contributed by atoms with Gasteiger partial charge in [0.2, 0.25) is 5.43 Å². The van der Waals surface area contributed by atoms with Gasteiger partial charge in [-0.3, -0.25) is 9.59 Å². The van der Waals surface area contributed by atoms with Gasteiger partial charge in [-0.15, -0.1) is 0 Å². The van der Waals surface area contributed by atoms with Gasteiger partial charge < -0.3 is 15.4 Å². The Labute approximate surface area is 138 Å². The SMILES string of the molecule is Cc1cc(F)cc2c(=O)c(C(=O)NC3CCCC3(C)CO)c[nH]c12. The molecule has 2 atom stereocenters. The lowest BCUT2D eigenvalue weighted by molar-refractivity contribution is 0.0829. The lowest BCUT2D eigenvalue weighted by Gasteiger charge is -2.30. The molecule has 0 aliphatic heterocycles. The normalized spacial score (nSPS) is 23.6. The zero-order chi connectivity index (χ0) is 17.5. The van der Waals surface area contributed by atoms with Gasteiger partial charge in [-0.1, -0.05) is 13.3 Å². The van der Waals surface area contributed by atoms with E-state index in [0.29, 0.717) is 11.1 Å². The lowest BCUT2D eigenvalue weighted by atomic mass is 9.85. The molecule has 0 spiro atoms. The molecule has 1 aromatic heterocycles. The Hall–Kier alpha value is -2.21. The molecule has 1 heterocycles. The molecular formula is C18H21FN2O3. The van der Waals surface area contributed by atoms with E-state index in [2.05, 4.69) is 10.3 Å². The van der Waals surface area contributed by atoms with Crippen LogP contribution in [-0.2, 0) is 0 Å². The predicted octanol–water partition coefficient (Wildman–Crippen LogP) is 2.26. The van der Waals surface area contributed by atoms with Crippen molar-refractivity contribution in [1.29, 1.82) is 0 Å². The molecule has 1 fully saturated rings. The molecule has 3 N–H and O–H groups in total. The van der Waals surface area contributed by atoms with Crippen LogP contribution in [0.3, 0.4) is 0 Å². The number of amides is 1. The highest BCUT2D eigenvalue weighted by Crippen LogP contribution is 2.37. The van der Waals surface area contributed by atoms with E-state index in [0.717, 1.165) is 25.3 Å². The van der Waals surface area contributed by atoms with E-state index in [9.17, 15) is 19.1 Å². The standard InChI is InChI=1S/C18H21FN2O3/c1-10-6-11(19)7-12-15(10)20-8-13(16(12)23)17(24)21-14-4-3-5-18(14,2)9-22/h6-8,14,22H,3-5,9H2,1-2H3,(H,20,23)(H,21,24). The van der Waals surface area contributed by atoms with E-state index < -0.39 is 17.2 Å². The first-order valence-electron chi connectivity index (χ1n) is 8.09. The minimum atomic E-state index is -0.508. The molecule has 128 valence electrons. The summed E-state index contributed by atoms with van der Waals surface area (Å²) in [6.07, 6.45) is 3.88. The number of aliphatic hydroxyl groups is 1. The minimum absolute atomic E-state index is 0.0174. The van der Waals surface area contributed by atoms with Gasteiger partial charge >= 0.3 is 0 Å². The van der Waals surface area contributed by atoms with Crippen molar-refractivity contribution in [2.24, 2.45) is 5.41 Å². The zero-order valence-corrected chi connectivity index (χ0v) is 13.8. The van der Waals surface area contributed by atoms with E-state index in [1.807, 2.05) is 6.92 Å². The summed E-state index contributed by atoms with van der Waals surface area (Å²) in [5.41, 5.74) is 0.228. The van der Waals surface area contributed by atoms with E-state index in [-0.39, 0.29) is 29.0 Å². The zero-order valence-electron chi connectivity index (χ0n) is 13.8. The van der Waals surface area contributed by atoms with Gasteiger partial charge in [-0.05, 0) is 37.5 Å². The summed E-state index contributed by atoms with van der Waals surface area (Å²) in [5, 5.41) is 12.6. The number of aromatic nitrogens is 1. The van der Waals surface area contributed by atoms with Crippen LogP contribution in [0.25, 0.3) is 10.9 Å². The van der Waals surface area contributed by atoms with Crippen molar-refractivity contribution in [2.45, 2.75) is 39.2 Å². The molecule has 1 aromatic carbocycles. The monoisotopic (exact) mass is 332 g/mol. The van der Waals surface area contributed by atoms with Crippen molar-refractivity contribution < 1.29 is 14.3 Å². The van der Waals surface area contributed by atoms with Gasteiger partial charge in [0.05, 0.1) is 12.1 Å². The van der Waals surface area contributed by atoms with Crippen molar-refractivity contribution >= 4 is 16.8 Å². The quantitative estimate of drug-likeness (QED) is 0.806. The van der Waals surface area contributed by atoms with Crippen molar-refractivity contribution in [1.82, 2.24) is 10.3 Å². The first-order chi connectivity index (χ1) is 11.4. The molecule has 6 heteroatoms. The third-order valence-corrected chi connectivity index (χ3v) is 5.14. The molecule has 1 aliphatic carbocycles. The Morgan fingerprint density at radius 1 is 1.50 bits per heavy atom. The molecule has 24 heavy (non-hydrogen) atoms. The summed E-state index contributed by atoms with van der Waals surface area (Å²) in [6.45, 7) is 3.61. The van der Waals surface area contributed by atoms with Crippen LogP contribution in [0.15, 0.2) is 23.1 Å². The summed E-state index contributed by atoms with van der Waals surface area (Å²) in [6, 6.07) is 2.30. The van der Waals surface area contributed by atoms with Gasteiger partial charge in [0.15, 0.2) is 0 Å². The van der Waals surface area contributed by atoms with Gasteiger partial charge in [0, 0.05) is 23.0 Å². The maximum atomic E-state index is 13.6. The number of carbonyl (C=O) groups excluding carboxylic acids is 1. The van der Waals surface area contributed by atoms with Crippen molar-refractivity contribution in [3.63, 3.8) is 0 Å². The average molecular weight is 332 g/mol. The Balaban J connectivity index is 1.96. The number of H-pyrrole nitrogens is 1. The fourth-order valence-corrected chi connectivity index (χ4v) is 3.54. The fourth-order valence-electron chi connectivity index (χ4n) is 3.54. The van der Waals surface area contributed by atoms with Crippen molar-refractivity contribution in [3.8, 4) is 0 Å². The molecule has 2 aromatic rings. The highest BCUT2D eigenvalue weighted by atomic mass is 19.1. The van der Waals surface area contributed by atoms with Crippen molar-refractivity contribution in [2.75, 3.05) is 6.61 Å². The summed E-state index contributed by atoms with van der Waals surface area (Å²) in [5.74, 6) is -1.00. The Bertz CT molecular complexity index is 861. The van der Waals surface area contributed by atoms with Crippen LogP contribution in [0, 0.1) is 18.2 Å². The van der Waals surface area contributed by atoms with Crippen LogP contribution in [0.1, 0.15) is 42.1 Å². The van der Waals surface area contributed by atoms with E-state index in [1.165, 1.54) is 12.3 Å². The Morgan fingerprint density at radius 2 is 2.25 bits per heavy atom. The number of aliphatic hydroxyl groups excluding tert-OH is 1. The number of aryl methyl sites for hydroxylation is 1. The van der Waals surface area contributed by atoms with Crippen LogP contribution < -0.4 is 10.7 Å². The molecule has 5 nitrogen and oxygen atoms in total. The number of hydrogen-bond donors (Lipinski definition) is 3. The summed E-state index contributed by atoms with van der Waals surface area (Å²) in [7, 11) is 0. The molecule has 1 amide bonds. The van der Waals surface area contributed by atoms with Crippen LogP contribution in [-0.4, -0.2) is 28.6 Å². The van der Waals surface area contributed by atoms with Gasteiger partial charge in [0.25, 0.3) is 5.91 Å². The number of carbonyl (C=O) groups is 1. The maximum Gasteiger partial charge on any atom is 0.257 e. The van der Waals surface area contributed by atoms with Gasteiger partial charge in [-0.2, -0.15) is 0 Å². The molecule has 1 aliphatic rings. The minimum Gasteiger partial charge on any atom is -0.396 e. The van der Waals surface area contributed by atoms with Gasteiger partial charge in [-0.25, -0.2) is 4.39 Å². The van der Waals surface area contributed by atoms with Crippen LogP contribution in [0.4, 0.5) is 4.39 Å². The Morgan fingerprint density at radius 3 is 2.96 bits per heavy atom. The van der Waals surface area contributed by atoms with Crippen LogP contribution in [0.5, 0.6) is 0 Å². The lowest BCUT2D eigenvalue weighted by Crippen LogP contribution is -2.45. The number of aromatic amines is 1. The highest BCUT2D eigenvalue weighted by molar-refractivity contribution is 5.97. The maximum absolute atomic E-state index is 13.6. The first kappa shape index (κ1) is 16.6. The average Bonchev–Trinajstić information content (AvgIpc) is 2.90. The van der Waals surface area contributed by atoms with Gasteiger partial charge in [0.1, 0.15) is 11.4 Å². The number of fused-ring (bicyclic) bond motifs is 1. The molecule has 0 bridgehead atoms. The summed E-state index contributed by atoms with van der Waals surface area (Å²) < 4.78 is 13.6. The molecular weight excluding hydrogens is 311 g/mol. The molecule has 0 saturated heterocycles. The topological polar surface area (TPSA) is 82.2 Å². The van der Waals surface area contributed by atoms with E-state index in [4.69, 9.17) is 0 Å². The smallest absolute Gasteiger partial charge is 0.257 e. The molecule has 0 radical (unpaired) electrons. The second-order valence-electron chi connectivity index (χ2n) is 6.91. The predicted molar refractivity (Wildman–Crippen MR) is 89.6 cm³/mol. The number of nitrogens with one attached hydrogen (secondary N) is 2. The second kappa shape index (κ2) is 6.02. The van der Waals surface area contributed by atoms with Crippen LogP contribution >= 0.6 is 0 Å². The molecule has 2 unspecified atom stereocenters. The highest BCUT2D eigenvalue weighted by Gasteiger charge is 2.39. The Kier molecular flexibility index (Phi) is 4.17. The largest absolute Gasteiger partial charge is 0.396 e. The number of halogens is 1. The number of pyridine rings is 1. The molecule has 1 saturated carbocycles. The number of rotatable bonds is 3. The van der Waals surface area contributed by atoms with E-state index in [1.54, 1.807) is 6.92 Å². The number of benzene rings is 1. The third-order valence-electron chi connectivity index (χ3n) is 5.14. The van der Waals surface area contributed by atoms with E-state index >= 15 is 0 Å². The fraction of sp³-hybridized carbons (Fsp3) is 0.444. The number of hydrogen-bond acceptors (Lipinski definition) is 3. The second-order valence-corrected chi connectivity index (χ2v) is 6.91.